The van der Waals surface area contributed by atoms with Crippen LogP contribution in [0.25, 0.3) is 0 Å². The normalized spacial score (nSPS) is 55.1. The molecule has 0 spiro atoms. The lowest BCUT2D eigenvalue weighted by Gasteiger charge is -2.60. The molecule has 20 rings (SSSR count). The lowest BCUT2D eigenvalue weighted by atomic mass is 9.45. The molecule has 0 radical (unpaired) electrons. The number of hydrogen-bond donors (Lipinski definition) is 0. The second kappa shape index (κ2) is 27.0. The van der Waals surface area contributed by atoms with Gasteiger partial charge in [-0.3, -0.25) is 0 Å². The van der Waals surface area contributed by atoms with Crippen LogP contribution >= 0.6 is 0 Å². The summed E-state index contributed by atoms with van der Waals surface area (Å²) in [6.07, 6.45) is 86.7. The summed E-state index contributed by atoms with van der Waals surface area (Å²) in [5.41, 5.74) is 3.02. The average molecular weight is 1220 g/mol. The van der Waals surface area contributed by atoms with Crippen molar-refractivity contribution in [3.8, 4) is 0 Å². The Hall–Kier alpha value is 0. The van der Waals surface area contributed by atoms with Gasteiger partial charge in [0.1, 0.15) is 0 Å². The molecule has 20 fully saturated rings. The first-order chi connectivity index (χ1) is 43.6. The molecule has 0 heteroatoms. The van der Waals surface area contributed by atoms with Crippen molar-refractivity contribution in [3.05, 3.63) is 0 Å². The lowest BCUT2D eigenvalue weighted by Crippen LogP contribution is -2.51. The first kappa shape index (κ1) is 63.7. The van der Waals surface area contributed by atoms with E-state index >= 15 is 0 Å². The van der Waals surface area contributed by atoms with Crippen LogP contribution in [0.2, 0.25) is 0 Å². The van der Waals surface area contributed by atoms with Gasteiger partial charge >= 0.3 is 0 Å². The zero-order chi connectivity index (χ0) is 59.9. The lowest BCUT2D eigenvalue weighted by molar-refractivity contribution is -0.103. The van der Waals surface area contributed by atoms with Gasteiger partial charge in [0.2, 0.25) is 0 Å². The molecule has 0 aromatic rings. The summed E-state index contributed by atoms with van der Waals surface area (Å²) < 4.78 is 0. The fraction of sp³-hybridized carbons (Fsp3) is 1.00. The Morgan fingerprint density at radius 2 is 0.449 bits per heavy atom. The SMILES string of the molecule is C1CC[C@H]2[C@@H](C1)CC[C@@H]1[C@@H]2CC[C@@H]2CCC[C@H]21.C1CC[C@H]2[C@H](C1)CC[C@@H]1[C@@H]2CC[C@@H]2CCC[C@H]21.C[C@@]12CCC[C@H]1[C@@H]1CC[C@H]3CCCC[C@@H]3[C@H]1CC2.C[C@@]12CCC[C@H]1[C@@H]1CC[C@H]3CCCC[C@@H]3[C@H]1CC2.C[C@@]12CCC[C@H]1[C@@H]1CC[C@H]3CCCC[C@]3(C)[C@H]1CC2. The van der Waals surface area contributed by atoms with Crippen molar-refractivity contribution in [2.75, 3.05) is 0 Å². The van der Waals surface area contributed by atoms with Crippen molar-refractivity contribution >= 4 is 0 Å². The molecular formula is C89H148. The van der Waals surface area contributed by atoms with Crippen LogP contribution < -0.4 is 0 Å². The van der Waals surface area contributed by atoms with E-state index in [0.717, 1.165) is 128 Å². The van der Waals surface area contributed by atoms with E-state index in [0.29, 0.717) is 0 Å². The van der Waals surface area contributed by atoms with E-state index in [1.807, 2.05) is 0 Å². The van der Waals surface area contributed by atoms with E-state index in [1.54, 1.807) is 334 Å². The molecular weight excluding hydrogens is 1070 g/mol. The van der Waals surface area contributed by atoms with E-state index < -0.39 is 0 Å². The minimum atomic E-state index is 0.741. The first-order valence-electron chi connectivity index (χ1n) is 43.6. The molecule has 0 aliphatic heterocycles. The Balaban J connectivity index is 0.0000000894. The molecule has 0 aromatic carbocycles. The van der Waals surface area contributed by atoms with Gasteiger partial charge in [-0.05, 0) is 394 Å². The molecule has 0 nitrogen and oxygen atoms in total. The molecule has 504 valence electrons. The predicted octanol–water partition coefficient (Wildman–Crippen LogP) is 26.7. The number of rotatable bonds is 0. The van der Waals surface area contributed by atoms with Crippen LogP contribution in [0.4, 0.5) is 0 Å². The second-order valence-electron chi connectivity index (χ2n) is 40.7. The van der Waals surface area contributed by atoms with Crippen LogP contribution in [-0.2, 0) is 0 Å². The summed E-state index contributed by atoms with van der Waals surface area (Å²) in [4.78, 5) is 0. The minimum absolute atomic E-state index is 0.741. The van der Waals surface area contributed by atoms with Gasteiger partial charge in [-0.25, -0.2) is 0 Å². The molecule has 0 heterocycles. The van der Waals surface area contributed by atoms with E-state index in [2.05, 4.69) is 27.7 Å². The van der Waals surface area contributed by atoms with Crippen LogP contribution in [0, 0.1) is 176 Å². The van der Waals surface area contributed by atoms with E-state index in [4.69, 9.17) is 0 Å². The van der Waals surface area contributed by atoms with Gasteiger partial charge in [-0.2, -0.15) is 0 Å². The topological polar surface area (TPSA) is 0 Å². The molecule has 30 atom stereocenters. The van der Waals surface area contributed by atoms with Crippen molar-refractivity contribution in [2.24, 2.45) is 176 Å². The Morgan fingerprint density at radius 1 is 0.157 bits per heavy atom. The van der Waals surface area contributed by atoms with Crippen LogP contribution in [-0.4, -0.2) is 0 Å². The largest absolute Gasteiger partial charge is 0.0594 e. The van der Waals surface area contributed by atoms with Crippen LogP contribution in [0.3, 0.4) is 0 Å². The van der Waals surface area contributed by atoms with Gasteiger partial charge < -0.3 is 0 Å². The average Bonchev–Trinajstić information content (AvgIpc) is 1.87. The molecule has 20 aliphatic rings. The van der Waals surface area contributed by atoms with Gasteiger partial charge in [-0.15, -0.1) is 0 Å². The Kier molecular flexibility index (Phi) is 19.3. The van der Waals surface area contributed by atoms with Gasteiger partial charge in [0, 0.05) is 0 Å². The maximum Gasteiger partial charge on any atom is -0.0266 e. The zero-order valence-electron chi connectivity index (χ0n) is 59.9. The fourth-order valence-corrected chi connectivity index (χ4v) is 33.8. The molecule has 0 saturated heterocycles. The third kappa shape index (κ3) is 12.1. The minimum Gasteiger partial charge on any atom is -0.0594 e. The molecule has 0 amide bonds. The highest BCUT2D eigenvalue weighted by Gasteiger charge is 2.59. The Bertz CT molecular complexity index is 2170. The third-order valence-electron chi connectivity index (χ3n) is 37.8. The first-order valence-corrected chi connectivity index (χ1v) is 43.6. The second-order valence-corrected chi connectivity index (χ2v) is 40.7. The maximum atomic E-state index is 2.70. The quantitative estimate of drug-likeness (QED) is 0.227. The molecule has 89 heavy (non-hydrogen) atoms. The summed E-state index contributed by atoms with van der Waals surface area (Å²) in [6, 6.07) is 0. The van der Waals surface area contributed by atoms with Crippen molar-refractivity contribution in [2.45, 2.75) is 381 Å². The van der Waals surface area contributed by atoms with E-state index in [1.165, 1.54) is 66.6 Å². The molecule has 0 N–H and O–H groups in total. The van der Waals surface area contributed by atoms with Gasteiger partial charge in [-0.1, -0.05) is 163 Å². The Labute approximate surface area is 553 Å². The van der Waals surface area contributed by atoms with Crippen molar-refractivity contribution in [1.82, 2.24) is 0 Å². The number of hydrogen-bond acceptors (Lipinski definition) is 0. The monoisotopic (exact) mass is 1220 g/mol. The van der Waals surface area contributed by atoms with Crippen LogP contribution in [0.5, 0.6) is 0 Å². The van der Waals surface area contributed by atoms with E-state index in [-0.39, 0.29) is 0 Å². The molecule has 20 saturated carbocycles. The highest BCUT2D eigenvalue weighted by atomic mass is 14.6. The molecule has 0 aromatic heterocycles. The van der Waals surface area contributed by atoms with Crippen molar-refractivity contribution < 1.29 is 0 Å². The van der Waals surface area contributed by atoms with Crippen molar-refractivity contribution in [1.29, 1.82) is 0 Å². The highest BCUT2D eigenvalue weighted by molar-refractivity contribution is 5.09. The molecule has 20 aliphatic carbocycles. The Morgan fingerprint density at radius 3 is 0.843 bits per heavy atom. The standard InChI is InChI=1S/C19H32.2C18H30.2C17H28/c1-18-11-5-7-16(18)15-9-8-14-6-3-4-12-19(14,2)17(15)10-13-18;2*1-18-11-4-7-17(18)16-9-8-13-5-2-3-6-14(13)15(16)10-12-18;2*1-2-6-14-12(4-1)8-10-17-15-7-3-5-13(15)9-11-16(14)17/h14-17H,3-13H2,1-2H3;2*13-17H,2-12H2,1H3;2*12-17H,1-11H2/t14-,15+,16+,17+,18+,19+;2*13-,14+,15-,16-,17+,18+;12-,13+,14+,15-,16-,17+;12-,13-,14-,15+,16+,17-/m11110/s1. The third-order valence-corrected chi connectivity index (χ3v) is 37.8. The van der Waals surface area contributed by atoms with Gasteiger partial charge in [0.15, 0.2) is 0 Å². The van der Waals surface area contributed by atoms with Crippen LogP contribution in [0.15, 0.2) is 0 Å². The van der Waals surface area contributed by atoms with Gasteiger partial charge in [0.05, 0.1) is 0 Å². The molecule has 0 unspecified atom stereocenters. The molecule has 0 bridgehead atoms. The highest BCUT2D eigenvalue weighted by Crippen LogP contribution is 2.68. The summed E-state index contributed by atoms with van der Waals surface area (Å²) in [5, 5.41) is 0. The number of fused-ring (bicyclic) bond motifs is 25. The predicted molar refractivity (Wildman–Crippen MR) is 377 cm³/mol. The summed E-state index contributed by atoms with van der Waals surface area (Å²) in [5.74, 6) is 29.9. The zero-order valence-corrected chi connectivity index (χ0v) is 59.9. The van der Waals surface area contributed by atoms with Crippen LogP contribution in [0.1, 0.15) is 381 Å². The maximum absolute atomic E-state index is 2.70. The smallest absolute Gasteiger partial charge is 0.0266 e. The summed E-state index contributed by atoms with van der Waals surface area (Å²) in [6.45, 7) is 10.6. The van der Waals surface area contributed by atoms with Crippen molar-refractivity contribution in [3.63, 3.8) is 0 Å². The fourth-order valence-electron chi connectivity index (χ4n) is 33.8. The van der Waals surface area contributed by atoms with E-state index in [9.17, 15) is 0 Å². The summed E-state index contributed by atoms with van der Waals surface area (Å²) in [7, 11) is 0. The summed E-state index contributed by atoms with van der Waals surface area (Å²) >= 11 is 0. The van der Waals surface area contributed by atoms with Gasteiger partial charge in [0.25, 0.3) is 0 Å².